The third-order valence-corrected chi connectivity index (χ3v) is 2.51. The molecule has 12 heavy (non-hydrogen) atoms. The van der Waals surface area contributed by atoms with Crippen molar-refractivity contribution >= 4 is 15.9 Å². The molecular formula is C10H14BrN. The fraction of sp³-hybridized carbons (Fsp3) is 0.500. The van der Waals surface area contributed by atoms with Crippen LogP contribution in [0.5, 0.6) is 0 Å². The Hall–Kier alpha value is -0.370. The van der Waals surface area contributed by atoms with E-state index in [1.54, 1.807) is 0 Å². The number of hydrogen-bond donors (Lipinski definition) is 0. The van der Waals surface area contributed by atoms with Crippen molar-refractivity contribution in [3.8, 4) is 0 Å². The molecule has 0 radical (unpaired) electrons. The van der Waals surface area contributed by atoms with E-state index in [1.807, 2.05) is 13.0 Å². The fourth-order valence-corrected chi connectivity index (χ4v) is 1.68. The van der Waals surface area contributed by atoms with Crippen LogP contribution in [0.2, 0.25) is 0 Å². The molecule has 0 N–H and O–H groups in total. The van der Waals surface area contributed by atoms with E-state index in [2.05, 4.69) is 40.8 Å². The van der Waals surface area contributed by atoms with E-state index >= 15 is 0 Å². The van der Waals surface area contributed by atoms with Crippen molar-refractivity contribution < 1.29 is 0 Å². The Bertz CT molecular complexity index is 250. The third-order valence-electron chi connectivity index (χ3n) is 2.06. The minimum atomic E-state index is 0.557. The summed E-state index contributed by atoms with van der Waals surface area (Å²) in [5, 5.41) is 0. The first-order chi connectivity index (χ1) is 5.63. The summed E-state index contributed by atoms with van der Waals surface area (Å²) in [5.74, 6) is 0.557. The van der Waals surface area contributed by atoms with Gasteiger partial charge < -0.3 is 0 Å². The molecule has 0 fully saturated rings. The van der Waals surface area contributed by atoms with E-state index < -0.39 is 0 Å². The Balaban J connectivity index is 3.00. The van der Waals surface area contributed by atoms with Crippen molar-refractivity contribution in [3.05, 3.63) is 28.0 Å². The molecule has 0 saturated heterocycles. The first-order valence-corrected chi connectivity index (χ1v) is 5.07. The van der Waals surface area contributed by atoms with Crippen molar-refractivity contribution in [1.29, 1.82) is 0 Å². The van der Waals surface area contributed by atoms with Gasteiger partial charge in [0.1, 0.15) is 0 Å². The average molecular weight is 228 g/mol. The highest BCUT2D eigenvalue weighted by molar-refractivity contribution is 9.10. The van der Waals surface area contributed by atoms with Gasteiger partial charge in [0.2, 0.25) is 0 Å². The van der Waals surface area contributed by atoms with Gasteiger partial charge in [-0.1, -0.05) is 29.8 Å². The van der Waals surface area contributed by atoms with Gasteiger partial charge >= 0.3 is 0 Å². The van der Waals surface area contributed by atoms with Crippen LogP contribution < -0.4 is 0 Å². The van der Waals surface area contributed by atoms with E-state index in [0.717, 1.165) is 16.6 Å². The monoisotopic (exact) mass is 227 g/mol. The molecule has 1 aromatic rings. The quantitative estimate of drug-likeness (QED) is 0.752. The number of nitrogens with zero attached hydrogens (tertiary/aromatic N) is 1. The molecule has 0 aromatic carbocycles. The van der Waals surface area contributed by atoms with Gasteiger partial charge in [0.15, 0.2) is 0 Å². The Morgan fingerprint density at radius 2 is 2.17 bits per heavy atom. The summed E-state index contributed by atoms with van der Waals surface area (Å²) in [6, 6.07) is 4.13. The van der Waals surface area contributed by atoms with Gasteiger partial charge in [0.25, 0.3) is 0 Å². The first-order valence-electron chi connectivity index (χ1n) is 4.27. The van der Waals surface area contributed by atoms with Gasteiger partial charge in [-0.25, -0.2) is 0 Å². The minimum absolute atomic E-state index is 0.557. The molecule has 0 spiro atoms. The second-order valence-electron chi connectivity index (χ2n) is 3.16. The highest BCUT2D eigenvalue weighted by Gasteiger charge is 2.05. The maximum atomic E-state index is 4.47. The standard InChI is InChI=1S/C10H14BrN/c1-4-7(2)10-6-9(11)5-8(3)12-10/h5-7H,4H2,1-3H3. The highest BCUT2D eigenvalue weighted by Crippen LogP contribution is 2.20. The molecule has 1 rings (SSSR count). The molecular weight excluding hydrogens is 214 g/mol. The van der Waals surface area contributed by atoms with Crippen molar-refractivity contribution in [2.75, 3.05) is 0 Å². The Morgan fingerprint density at radius 1 is 1.50 bits per heavy atom. The highest BCUT2D eigenvalue weighted by atomic mass is 79.9. The largest absolute Gasteiger partial charge is 0.258 e. The van der Waals surface area contributed by atoms with Gasteiger partial charge in [0, 0.05) is 15.9 Å². The summed E-state index contributed by atoms with van der Waals surface area (Å²) < 4.78 is 1.13. The Morgan fingerprint density at radius 3 is 2.67 bits per heavy atom. The van der Waals surface area contributed by atoms with Crippen LogP contribution in [-0.4, -0.2) is 4.98 Å². The van der Waals surface area contributed by atoms with Crippen LogP contribution in [0.25, 0.3) is 0 Å². The van der Waals surface area contributed by atoms with Crippen LogP contribution >= 0.6 is 15.9 Å². The molecule has 1 aromatic heterocycles. The first kappa shape index (κ1) is 9.72. The summed E-state index contributed by atoms with van der Waals surface area (Å²) in [4.78, 5) is 4.47. The minimum Gasteiger partial charge on any atom is -0.258 e. The number of aromatic nitrogens is 1. The molecule has 0 saturated carbocycles. The zero-order valence-corrected chi connectivity index (χ0v) is 9.35. The maximum absolute atomic E-state index is 4.47. The summed E-state index contributed by atoms with van der Waals surface area (Å²) in [6.07, 6.45) is 1.14. The predicted molar refractivity (Wildman–Crippen MR) is 55.4 cm³/mol. The smallest absolute Gasteiger partial charge is 0.0446 e. The average Bonchev–Trinajstić information content (AvgIpc) is 2.01. The van der Waals surface area contributed by atoms with E-state index in [4.69, 9.17) is 0 Å². The number of pyridine rings is 1. The number of halogens is 1. The third kappa shape index (κ3) is 2.31. The molecule has 0 aliphatic rings. The van der Waals surface area contributed by atoms with Crippen LogP contribution in [0.1, 0.15) is 37.6 Å². The molecule has 0 aliphatic heterocycles. The second-order valence-corrected chi connectivity index (χ2v) is 4.08. The zero-order valence-electron chi connectivity index (χ0n) is 7.76. The van der Waals surface area contributed by atoms with Crippen molar-refractivity contribution in [1.82, 2.24) is 4.98 Å². The summed E-state index contributed by atoms with van der Waals surface area (Å²) >= 11 is 3.47. The summed E-state index contributed by atoms with van der Waals surface area (Å²) in [6.45, 7) is 6.41. The number of aryl methyl sites for hydroxylation is 1. The summed E-state index contributed by atoms with van der Waals surface area (Å²) in [7, 11) is 0. The molecule has 0 amide bonds. The van der Waals surface area contributed by atoms with Crippen molar-refractivity contribution in [2.24, 2.45) is 0 Å². The lowest BCUT2D eigenvalue weighted by Crippen LogP contribution is -1.96. The van der Waals surface area contributed by atoms with Gasteiger partial charge in [-0.2, -0.15) is 0 Å². The lowest BCUT2D eigenvalue weighted by Gasteiger charge is -2.08. The van der Waals surface area contributed by atoms with E-state index in [-0.39, 0.29) is 0 Å². The van der Waals surface area contributed by atoms with Crippen molar-refractivity contribution in [3.63, 3.8) is 0 Å². The maximum Gasteiger partial charge on any atom is 0.0446 e. The van der Waals surface area contributed by atoms with E-state index in [0.29, 0.717) is 5.92 Å². The van der Waals surface area contributed by atoms with E-state index in [1.165, 1.54) is 5.69 Å². The molecule has 0 aliphatic carbocycles. The normalized spacial score (nSPS) is 13.0. The summed E-state index contributed by atoms with van der Waals surface area (Å²) in [5.41, 5.74) is 2.27. The molecule has 2 heteroatoms. The second kappa shape index (κ2) is 4.04. The predicted octanol–water partition coefficient (Wildman–Crippen LogP) is 3.67. The molecule has 1 heterocycles. The van der Waals surface area contributed by atoms with Gasteiger partial charge in [0.05, 0.1) is 0 Å². The molecule has 0 bridgehead atoms. The zero-order chi connectivity index (χ0) is 9.14. The molecule has 1 atom stereocenters. The van der Waals surface area contributed by atoms with Gasteiger partial charge in [-0.3, -0.25) is 4.98 Å². The van der Waals surface area contributed by atoms with Crippen LogP contribution in [0.3, 0.4) is 0 Å². The lowest BCUT2D eigenvalue weighted by molar-refractivity contribution is 0.704. The Kier molecular flexibility index (Phi) is 3.27. The lowest BCUT2D eigenvalue weighted by atomic mass is 10.0. The van der Waals surface area contributed by atoms with Crippen LogP contribution in [0.15, 0.2) is 16.6 Å². The van der Waals surface area contributed by atoms with Crippen LogP contribution in [0.4, 0.5) is 0 Å². The molecule has 1 nitrogen and oxygen atoms in total. The van der Waals surface area contributed by atoms with Gasteiger partial charge in [-0.15, -0.1) is 0 Å². The topological polar surface area (TPSA) is 12.9 Å². The number of hydrogen-bond acceptors (Lipinski definition) is 1. The van der Waals surface area contributed by atoms with Crippen LogP contribution in [0, 0.1) is 6.92 Å². The van der Waals surface area contributed by atoms with E-state index in [9.17, 15) is 0 Å². The van der Waals surface area contributed by atoms with Crippen molar-refractivity contribution in [2.45, 2.75) is 33.1 Å². The molecule has 1 unspecified atom stereocenters. The Labute approximate surface area is 82.3 Å². The van der Waals surface area contributed by atoms with Crippen LogP contribution in [-0.2, 0) is 0 Å². The number of rotatable bonds is 2. The van der Waals surface area contributed by atoms with Gasteiger partial charge in [-0.05, 0) is 31.4 Å². The molecule has 66 valence electrons. The fourth-order valence-electron chi connectivity index (χ4n) is 1.11. The SMILES string of the molecule is CCC(C)c1cc(Br)cc(C)n1.